The van der Waals surface area contributed by atoms with Crippen LogP contribution in [-0.2, 0) is 0 Å². The Hall–Kier alpha value is -1.92. The number of nitrogens with two attached hydrogens (primary N) is 1. The van der Waals surface area contributed by atoms with Gasteiger partial charge in [-0.25, -0.2) is 4.98 Å². The van der Waals surface area contributed by atoms with E-state index in [0.29, 0.717) is 15.7 Å². The normalized spacial score (nSPS) is 10.8. The fourth-order valence-corrected chi connectivity index (χ4v) is 3.22. The van der Waals surface area contributed by atoms with Gasteiger partial charge in [0.05, 0.1) is 5.69 Å². The van der Waals surface area contributed by atoms with Crippen LogP contribution >= 0.6 is 27.3 Å². The Kier molecular flexibility index (Phi) is 3.65. The summed E-state index contributed by atoms with van der Waals surface area (Å²) in [6, 6.07) is 11.8. The molecule has 2 aromatic carbocycles. The SMILES string of the molecule is Cc1nc(N)sc1C(=O)Nc1ccc2cc(Br)ccc2c1. The van der Waals surface area contributed by atoms with Crippen molar-refractivity contribution in [3.05, 3.63) is 51.4 Å². The van der Waals surface area contributed by atoms with E-state index >= 15 is 0 Å². The lowest BCUT2D eigenvalue weighted by atomic mass is 10.1. The molecule has 4 nitrogen and oxygen atoms in total. The maximum absolute atomic E-state index is 12.2. The van der Waals surface area contributed by atoms with Crippen LogP contribution in [0.4, 0.5) is 10.8 Å². The molecule has 1 aromatic heterocycles. The largest absolute Gasteiger partial charge is 0.375 e. The van der Waals surface area contributed by atoms with Gasteiger partial charge in [0.1, 0.15) is 4.88 Å². The Morgan fingerprint density at radius 2 is 1.95 bits per heavy atom. The number of anilines is 2. The zero-order valence-electron chi connectivity index (χ0n) is 11.2. The number of nitrogens with one attached hydrogen (secondary N) is 1. The van der Waals surface area contributed by atoms with Gasteiger partial charge in [-0.1, -0.05) is 39.4 Å². The number of rotatable bonds is 2. The first kappa shape index (κ1) is 14.0. The first-order chi connectivity index (χ1) is 10.0. The first-order valence-electron chi connectivity index (χ1n) is 6.26. The minimum atomic E-state index is -0.182. The van der Waals surface area contributed by atoms with E-state index in [9.17, 15) is 4.79 Å². The van der Waals surface area contributed by atoms with Crippen molar-refractivity contribution in [1.29, 1.82) is 0 Å². The maximum Gasteiger partial charge on any atom is 0.267 e. The van der Waals surface area contributed by atoms with Crippen molar-refractivity contribution in [3.63, 3.8) is 0 Å². The van der Waals surface area contributed by atoms with Crippen LogP contribution in [0.1, 0.15) is 15.4 Å². The molecule has 0 aliphatic heterocycles. The molecule has 6 heteroatoms. The summed E-state index contributed by atoms with van der Waals surface area (Å²) in [7, 11) is 0. The van der Waals surface area contributed by atoms with Crippen molar-refractivity contribution < 1.29 is 4.79 Å². The highest BCUT2D eigenvalue weighted by Crippen LogP contribution is 2.25. The van der Waals surface area contributed by atoms with Crippen molar-refractivity contribution in [2.75, 3.05) is 11.1 Å². The topological polar surface area (TPSA) is 68.0 Å². The molecule has 0 fully saturated rings. The number of amides is 1. The van der Waals surface area contributed by atoms with Crippen LogP contribution in [0, 0.1) is 6.92 Å². The third kappa shape index (κ3) is 2.91. The van der Waals surface area contributed by atoms with E-state index in [1.807, 2.05) is 36.4 Å². The van der Waals surface area contributed by atoms with Gasteiger partial charge in [0, 0.05) is 10.2 Å². The van der Waals surface area contributed by atoms with Crippen LogP contribution in [0.2, 0.25) is 0 Å². The Morgan fingerprint density at radius 1 is 1.24 bits per heavy atom. The molecule has 0 atom stereocenters. The van der Waals surface area contributed by atoms with Crippen molar-refractivity contribution >= 4 is 54.8 Å². The number of aromatic nitrogens is 1. The number of nitrogen functional groups attached to an aromatic ring is 1. The second-order valence-corrected chi connectivity index (χ2v) is 6.57. The molecule has 0 bridgehead atoms. The molecule has 3 N–H and O–H groups in total. The maximum atomic E-state index is 12.2. The van der Waals surface area contributed by atoms with E-state index < -0.39 is 0 Å². The quantitative estimate of drug-likeness (QED) is 0.718. The van der Waals surface area contributed by atoms with Gasteiger partial charge in [-0.3, -0.25) is 4.79 Å². The number of carbonyl (C=O) groups excluding carboxylic acids is 1. The predicted octanol–water partition coefficient (Wildman–Crippen LogP) is 4.20. The molecule has 1 amide bonds. The second kappa shape index (κ2) is 5.46. The average molecular weight is 362 g/mol. The summed E-state index contributed by atoms with van der Waals surface area (Å²) in [5, 5.41) is 5.46. The number of thiazole rings is 1. The summed E-state index contributed by atoms with van der Waals surface area (Å²) in [6.45, 7) is 1.78. The molecule has 0 unspecified atom stereocenters. The van der Waals surface area contributed by atoms with Gasteiger partial charge in [-0.05, 0) is 42.0 Å². The summed E-state index contributed by atoms with van der Waals surface area (Å²) in [5.41, 5.74) is 7.03. The standard InChI is InChI=1S/C15H12BrN3OS/c1-8-13(21-15(17)18-8)14(20)19-12-5-3-9-6-11(16)4-2-10(9)7-12/h2-7H,1H3,(H2,17,18)(H,19,20). The first-order valence-corrected chi connectivity index (χ1v) is 7.87. The Bertz CT molecular complexity index is 844. The number of nitrogens with zero attached hydrogens (tertiary/aromatic N) is 1. The minimum absolute atomic E-state index is 0.182. The molecule has 0 aliphatic rings. The number of hydrogen-bond donors (Lipinski definition) is 2. The van der Waals surface area contributed by atoms with E-state index in [4.69, 9.17) is 5.73 Å². The molecule has 0 saturated heterocycles. The molecule has 3 rings (SSSR count). The lowest BCUT2D eigenvalue weighted by Crippen LogP contribution is -2.11. The Balaban J connectivity index is 1.89. The molecular weight excluding hydrogens is 350 g/mol. The van der Waals surface area contributed by atoms with E-state index in [1.54, 1.807) is 6.92 Å². The van der Waals surface area contributed by atoms with Gasteiger partial charge in [-0.15, -0.1) is 0 Å². The number of aryl methyl sites for hydroxylation is 1. The molecular formula is C15H12BrN3OS. The van der Waals surface area contributed by atoms with E-state index in [-0.39, 0.29) is 5.91 Å². The molecule has 0 radical (unpaired) electrons. The fourth-order valence-electron chi connectivity index (χ4n) is 2.11. The summed E-state index contributed by atoms with van der Waals surface area (Å²) in [6.07, 6.45) is 0. The fraction of sp³-hybridized carbons (Fsp3) is 0.0667. The van der Waals surface area contributed by atoms with Crippen molar-refractivity contribution in [3.8, 4) is 0 Å². The summed E-state index contributed by atoms with van der Waals surface area (Å²) < 4.78 is 1.03. The van der Waals surface area contributed by atoms with Gasteiger partial charge >= 0.3 is 0 Å². The highest BCUT2D eigenvalue weighted by Gasteiger charge is 2.14. The molecule has 3 aromatic rings. The van der Waals surface area contributed by atoms with Crippen LogP contribution in [0.15, 0.2) is 40.9 Å². The number of halogens is 1. The zero-order chi connectivity index (χ0) is 15.0. The third-order valence-corrected chi connectivity index (χ3v) is 4.56. The minimum Gasteiger partial charge on any atom is -0.375 e. The van der Waals surface area contributed by atoms with Gasteiger partial charge in [0.2, 0.25) is 0 Å². The number of benzene rings is 2. The van der Waals surface area contributed by atoms with Crippen LogP contribution < -0.4 is 11.1 Å². The van der Waals surface area contributed by atoms with Gasteiger partial charge in [-0.2, -0.15) is 0 Å². The second-order valence-electron chi connectivity index (χ2n) is 4.63. The Labute approximate surface area is 134 Å². The third-order valence-electron chi connectivity index (χ3n) is 3.08. The summed E-state index contributed by atoms with van der Waals surface area (Å²) in [4.78, 5) is 16.8. The number of hydrogen-bond acceptors (Lipinski definition) is 4. The molecule has 21 heavy (non-hydrogen) atoms. The zero-order valence-corrected chi connectivity index (χ0v) is 13.6. The van der Waals surface area contributed by atoms with Crippen molar-refractivity contribution in [2.45, 2.75) is 6.92 Å². The average Bonchev–Trinajstić information content (AvgIpc) is 2.78. The van der Waals surface area contributed by atoms with Crippen LogP contribution in [0.5, 0.6) is 0 Å². The van der Waals surface area contributed by atoms with Gasteiger partial charge in [0.15, 0.2) is 5.13 Å². The molecule has 0 aliphatic carbocycles. The van der Waals surface area contributed by atoms with E-state index in [2.05, 4.69) is 26.2 Å². The lowest BCUT2D eigenvalue weighted by molar-refractivity contribution is 0.103. The summed E-state index contributed by atoms with van der Waals surface area (Å²) >= 11 is 4.64. The van der Waals surface area contributed by atoms with E-state index in [0.717, 1.165) is 20.9 Å². The Morgan fingerprint density at radius 3 is 2.67 bits per heavy atom. The number of carbonyl (C=O) groups is 1. The molecule has 1 heterocycles. The van der Waals surface area contributed by atoms with Gasteiger partial charge in [0.25, 0.3) is 5.91 Å². The van der Waals surface area contributed by atoms with Crippen LogP contribution in [0.3, 0.4) is 0 Å². The molecule has 106 valence electrons. The molecule has 0 spiro atoms. The highest BCUT2D eigenvalue weighted by atomic mass is 79.9. The summed E-state index contributed by atoms with van der Waals surface area (Å²) in [5.74, 6) is -0.182. The lowest BCUT2D eigenvalue weighted by Gasteiger charge is -2.06. The van der Waals surface area contributed by atoms with Gasteiger partial charge < -0.3 is 11.1 Å². The predicted molar refractivity (Wildman–Crippen MR) is 90.9 cm³/mol. The van der Waals surface area contributed by atoms with Crippen LogP contribution in [0.25, 0.3) is 10.8 Å². The smallest absolute Gasteiger partial charge is 0.267 e. The van der Waals surface area contributed by atoms with Crippen molar-refractivity contribution in [2.24, 2.45) is 0 Å². The highest BCUT2D eigenvalue weighted by molar-refractivity contribution is 9.10. The molecule has 0 saturated carbocycles. The van der Waals surface area contributed by atoms with Crippen molar-refractivity contribution in [1.82, 2.24) is 4.98 Å². The number of fused-ring (bicyclic) bond motifs is 1. The van der Waals surface area contributed by atoms with Crippen LogP contribution in [-0.4, -0.2) is 10.9 Å². The van der Waals surface area contributed by atoms with E-state index in [1.165, 1.54) is 11.3 Å². The monoisotopic (exact) mass is 361 g/mol.